The van der Waals surface area contributed by atoms with Gasteiger partial charge in [0, 0.05) is 13.1 Å². The van der Waals surface area contributed by atoms with E-state index in [0.717, 1.165) is 12.8 Å². The quantitative estimate of drug-likeness (QED) is 0.469. The molecular formula is C15H15N3O5S. The molecule has 0 aliphatic carbocycles. The second-order valence-corrected chi connectivity index (χ2v) is 7.23. The van der Waals surface area contributed by atoms with Gasteiger partial charge in [-0.05, 0) is 43.2 Å². The Balaban J connectivity index is 1.74. The van der Waals surface area contributed by atoms with Gasteiger partial charge in [-0.3, -0.25) is 15.1 Å². The van der Waals surface area contributed by atoms with Gasteiger partial charge < -0.3 is 4.42 Å². The molecule has 126 valence electrons. The summed E-state index contributed by atoms with van der Waals surface area (Å²) in [4.78, 5) is 14.3. The van der Waals surface area contributed by atoms with E-state index in [1.54, 1.807) is 12.1 Å². The van der Waals surface area contributed by atoms with Crippen molar-refractivity contribution in [1.82, 2.24) is 4.31 Å². The Hall–Kier alpha value is -2.52. The zero-order valence-electron chi connectivity index (χ0n) is 12.7. The van der Waals surface area contributed by atoms with Crippen LogP contribution in [0.5, 0.6) is 0 Å². The molecule has 1 aromatic carbocycles. The zero-order chi connectivity index (χ0) is 17.2. The normalized spacial score (nSPS) is 16.0. The van der Waals surface area contributed by atoms with E-state index in [1.807, 2.05) is 0 Å². The van der Waals surface area contributed by atoms with E-state index >= 15 is 0 Å². The molecule has 8 nitrogen and oxygen atoms in total. The monoisotopic (exact) mass is 349 g/mol. The van der Waals surface area contributed by atoms with E-state index < -0.39 is 14.9 Å². The van der Waals surface area contributed by atoms with Crippen molar-refractivity contribution in [2.75, 3.05) is 13.1 Å². The third-order valence-electron chi connectivity index (χ3n) is 3.67. The highest BCUT2D eigenvalue weighted by Gasteiger charge is 2.26. The van der Waals surface area contributed by atoms with Gasteiger partial charge in [-0.25, -0.2) is 8.42 Å². The number of nitrogens with zero attached hydrogens (tertiary/aromatic N) is 3. The first-order valence-electron chi connectivity index (χ1n) is 7.35. The minimum Gasteiger partial charge on any atom is -0.400 e. The minimum absolute atomic E-state index is 0.233. The lowest BCUT2D eigenvalue weighted by Crippen LogP contribution is -2.27. The predicted molar refractivity (Wildman–Crippen MR) is 87.1 cm³/mol. The van der Waals surface area contributed by atoms with E-state index in [2.05, 4.69) is 4.99 Å². The van der Waals surface area contributed by atoms with Gasteiger partial charge in [0.1, 0.15) is 4.92 Å². The van der Waals surface area contributed by atoms with Crippen molar-refractivity contribution in [2.45, 2.75) is 17.7 Å². The highest BCUT2D eigenvalue weighted by Crippen LogP contribution is 2.23. The standard InChI is InChI=1S/C15H15N3O5S/c19-18(20)15-8-5-13(23-15)11-16-12-3-6-14(7-4-12)24(21,22)17-9-1-2-10-17/h3-8,11H,1-2,9-10H2. The van der Waals surface area contributed by atoms with Gasteiger partial charge in [-0.2, -0.15) is 4.31 Å². The van der Waals surface area contributed by atoms with Crippen LogP contribution in [0.2, 0.25) is 0 Å². The van der Waals surface area contributed by atoms with Gasteiger partial charge in [0.15, 0.2) is 5.76 Å². The zero-order valence-corrected chi connectivity index (χ0v) is 13.5. The van der Waals surface area contributed by atoms with Crippen molar-refractivity contribution in [1.29, 1.82) is 0 Å². The number of furan rings is 1. The molecular weight excluding hydrogens is 334 g/mol. The lowest BCUT2D eigenvalue weighted by atomic mass is 10.3. The van der Waals surface area contributed by atoms with Crippen LogP contribution < -0.4 is 0 Å². The molecule has 0 radical (unpaired) electrons. The van der Waals surface area contributed by atoms with Crippen molar-refractivity contribution in [3.63, 3.8) is 0 Å². The maximum Gasteiger partial charge on any atom is 0.433 e. The van der Waals surface area contributed by atoms with Crippen LogP contribution >= 0.6 is 0 Å². The van der Waals surface area contributed by atoms with Crippen molar-refractivity contribution >= 4 is 27.8 Å². The Morgan fingerprint density at radius 1 is 1.12 bits per heavy atom. The molecule has 0 spiro atoms. The molecule has 24 heavy (non-hydrogen) atoms. The Kier molecular flexibility index (Phi) is 4.45. The van der Waals surface area contributed by atoms with Gasteiger partial charge in [0.05, 0.1) is 22.9 Å². The molecule has 1 aromatic heterocycles. The van der Waals surface area contributed by atoms with Crippen LogP contribution in [-0.4, -0.2) is 37.0 Å². The first-order chi connectivity index (χ1) is 11.5. The molecule has 0 amide bonds. The number of rotatable bonds is 5. The largest absolute Gasteiger partial charge is 0.433 e. The number of aliphatic imine (C=N–C) groups is 1. The molecule has 0 atom stereocenters. The molecule has 3 rings (SSSR count). The lowest BCUT2D eigenvalue weighted by molar-refractivity contribution is -0.402. The number of hydrogen-bond acceptors (Lipinski definition) is 6. The number of benzene rings is 1. The number of hydrogen-bond donors (Lipinski definition) is 0. The Morgan fingerprint density at radius 2 is 1.79 bits per heavy atom. The first-order valence-corrected chi connectivity index (χ1v) is 8.79. The van der Waals surface area contributed by atoms with Gasteiger partial charge in [0.2, 0.25) is 10.0 Å². The number of sulfonamides is 1. The average molecular weight is 349 g/mol. The van der Waals surface area contributed by atoms with Gasteiger partial charge in [-0.1, -0.05) is 0 Å². The molecule has 2 heterocycles. The Labute approximate surface area is 138 Å². The highest BCUT2D eigenvalue weighted by molar-refractivity contribution is 7.89. The minimum atomic E-state index is -3.44. The van der Waals surface area contributed by atoms with E-state index in [4.69, 9.17) is 4.42 Å². The summed E-state index contributed by atoms with van der Waals surface area (Å²) in [6, 6.07) is 8.85. The number of nitro groups is 1. The van der Waals surface area contributed by atoms with Gasteiger partial charge in [0.25, 0.3) is 0 Å². The molecule has 1 fully saturated rings. The van der Waals surface area contributed by atoms with E-state index in [0.29, 0.717) is 18.8 Å². The second-order valence-electron chi connectivity index (χ2n) is 5.30. The van der Waals surface area contributed by atoms with Crippen molar-refractivity contribution < 1.29 is 17.8 Å². The summed E-state index contributed by atoms with van der Waals surface area (Å²) in [5.74, 6) is -0.112. The summed E-state index contributed by atoms with van der Waals surface area (Å²) in [5.41, 5.74) is 0.523. The predicted octanol–water partition coefficient (Wildman–Crippen LogP) is 2.72. The molecule has 0 unspecified atom stereocenters. The summed E-state index contributed by atoms with van der Waals surface area (Å²) >= 11 is 0. The maximum atomic E-state index is 12.4. The van der Waals surface area contributed by atoms with Crippen molar-refractivity contribution in [2.24, 2.45) is 4.99 Å². The molecule has 0 N–H and O–H groups in total. The van der Waals surface area contributed by atoms with Crippen LogP contribution in [0, 0.1) is 10.1 Å². The third kappa shape index (κ3) is 3.36. The van der Waals surface area contributed by atoms with Crippen LogP contribution in [0.3, 0.4) is 0 Å². The first kappa shape index (κ1) is 16.3. The summed E-state index contributed by atoms with van der Waals surface area (Å²) in [6.45, 7) is 1.11. The molecule has 1 aliphatic heterocycles. The van der Waals surface area contributed by atoms with Crippen molar-refractivity contribution in [3.8, 4) is 0 Å². The topological polar surface area (TPSA) is 106 Å². The van der Waals surface area contributed by atoms with Crippen LogP contribution in [-0.2, 0) is 10.0 Å². The average Bonchev–Trinajstić information content (AvgIpc) is 3.25. The fraction of sp³-hybridized carbons (Fsp3) is 0.267. The molecule has 1 saturated heterocycles. The highest BCUT2D eigenvalue weighted by atomic mass is 32.2. The second kappa shape index (κ2) is 6.54. The molecule has 1 aliphatic rings. The SMILES string of the molecule is O=[N+]([O-])c1ccc(C=Nc2ccc(S(=O)(=O)N3CCCC3)cc2)o1. The fourth-order valence-corrected chi connectivity index (χ4v) is 3.95. The molecule has 9 heteroatoms. The van der Waals surface area contributed by atoms with Gasteiger partial charge >= 0.3 is 5.88 Å². The van der Waals surface area contributed by atoms with E-state index in [9.17, 15) is 18.5 Å². The molecule has 0 saturated carbocycles. The lowest BCUT2D eigenvalue weighted by Gasteiger charge is -2.15. The van der Waals surface area contributed by atoms with Crippen LogP contribution in [0.4, 0.5) is 11.6 Å². The van der Waals surface area contributed by atoms with Crippen LogP contribution in [0.25, 0.3) is 0 Å². The molecule has 2 aromatic rings. The van der Waals surface area contributed by atoms with Crippen molar-refractivity contribution in [3.05, 3.63) is 52.3 Å². The Morgan fingerprint density at radius 3 is 2.38 bits per heavy atom. The van der Waals surface area contributed by atoms with Crippen LogP contribution in [0.1, 0.15) is 18.6 Å². The summed E-state index contributed by atoms with van der Waals surface area (Å²) < 4.78 is 31.2. The summed E-state index contributed by atoms with van der Waals surface area (Å²) in [7, 11) is -3.44. The Bertz CT molecular complexity index is 865. The molecule has 0 bridgehead atoms. The smallest absolute Gasteiger partial charge is 0.400 e. The summed E-state index contributed by atoms with van der Waals surface area (Å²) in [5, 5.41) is 10.5. The van der Waals surface area contributed by atoms with E-state index in [1.165, 1.54) is 34.8 Å². The maximum absolute atomic E-state index is 12.4. The summed E-state index contributed by atoms with van der Waals surface area (Å²) in [6.07, 6.45) is 3.12. The van der Waals surface area contributed by atoms with Gasteiger partial charge in [-0.15, -0.1) is 0 Å². The fourth-order valence-electron chi connectivity index (χ4n) is 2.43. The van der Waals surface area contributed by atoms with Crippen LogP contribution in [0.15, 0.2) is 50.7 Å². The third-order valence-corrected chi connectivity index (χ3v) is 5.59. The van der Waals surface area contributed by atoms with E-state index in [-0.39, 0.29) is 16.5 Å².